The van der Waals surface area contributed by atoms with Crippen LogP contribution in [0.25, 0.3) is 0 Å². The van der Waals surface area contributed by atoms with Crippen LogP contribution in [-0.4, -0.2) is 28.7 Å². The van der Waals surface area contributed by atoms with E-state index in [1.807, 2.05) is 20.8 Å². The van der Waals surface area contributed by atoms with Crippen molar-refractivity contribution in [1.29, 1.82) is 0 Å². The van der Waals surface area contributed by atoms with Gasteiger partial charge in [0.15, 0.2) is 12.3 Å². The van der Waals surface area contributed by atoms with Gasteiger partial charge in [-0.3, -0.25) is 4.79 Å². The lowest BCUT2D eigenvalue weighted by molar-refractivity contribution is -0.139. The number of hydrogen-bond acceptors (Lipinski definition) is 5. The monoisotopic (exact) mass is 352 g/mol. The maximum Gasteiger partial charge on any atom is 0.341 e. The third-order valence-corrected chi connectivity index (χ3v) is 3.32. The second-order valence-corrected chi connectivity index (χ2v) is 6.52. The summed E-state index contributed by atoms with van der Waals surface area (Å²) < 4.78 is 10.2. The van der Waals surface area contributed by atoms with Crippen molar-refractivity contribution in [1.82, 2.24) is 5.16 Å². The Kier molecular flexibility index (Phi) is 5.14. The third kappa shape index (κ3) is 4.48. The number of carboxylic acids is 1. The van der Waals surface area contributed by atoms with Gasteiger partial charge in [-0.15, -0.1) is 0 Å². The van der Waals surface area contributed by atoms with E-state index in [0.717, 1.165) is 0 Å². The van der Waals surface area contributed by atoms with E-state index in [4.69, 9.17) is 26.0 Å². The average Bonchev–Trinajstić information content (AvgIpc) is 2.96. The molecule has 1 amide bonds. The van der Waals surface area contributed by atoms with Crippen molar-refractivity contribution >= 4 is 29.2 Å². The van der Waals surface area contributed by atoms with Crippen molar-refractivity contribution in [2.45, 2.75) is 26.2 Å². The number of carboxylic acid groups (broad SMARTS) is 1. The number of nitrogens with one attached hydrogen (secondary N) is 1. The summed E-state index contributed by atoms with van der Waals surface area (Å²) in [5, 5.41) is 15.2. The zero-order chi connectivity index (χ0) is 17.9. The Balaban J connectivity index is 2.08. The first kappa shape index (κ1) is 17.8. The molecule has 0 aliphatic carbocycles. The molecule has 2 N–H and O–H groups in total. The summed E-state index contributed by atoms with van der Waals surface area (Å²) in [7, 11) is 0. The number of anilines is 1. The largest absolute Gasteiger partial charge is 0.480 e. The normalized spacial score (nSPS) is 11.2. The first-order valence-corrected chi connectivity index (χ1v) is 7.47. The molecule has 0 aliphatic rings. The van der Waals surface area contributed by atoms with E-state index in [2.05, 4.69) is 10.5 Å². The first-order chi connectivity index (χ1) is 11.2. The smallest absolute Gasteiger partial charge is 0.341 e. The Bertz CT molecular complexity index is 764. The van der Waals surface area contributed by atoms with E-state index in [9.17, 15) is 9.59 Å². The molecule has 0 saturated carbocycles. The Hall–Kier alpha value is -2.54. The van der Waals surface area contributed by atoms with E-state index in [1.54, 1.807) is 12.1 Å². The fourth-order valence-corrected chi connectivity index (χ4v) is 2.00. The standard InChI is InChI=1S/C16H17ClN2O5/c1-16(2,3)13-7-11(19-24-13)15(22)18-9-4-5-12(10(17)6-9)23-8-14(20)21/h4-7H,8H2,1-3H3,(H,18,22)(H,20,21). The fraction of sp³-hybridized carbons (Fsp3) is 0.312. The molecule has 2 rings (SSSR count). The van der Waals surface area contributed by atoms with E-state index in [-0.39, 0.29) is 21.9 Å². The summed E-state index contributed by atoms with van der Waals surface area (Å²) >= 11 is 6.00. The van der Waals surface area contributed by atoms with E-state index >= 15 is 0 Å². The number of aliphatic carboxylic acids is 1. The SMILES string of the molecule is CC(C)(C)c1cc(C(=O)Nc2ccc(OCC(=O)O)c(Cl)c2)no1. The van der Waals surface area contributed by atoms with Crippen LogP contribution in [0.5, 0.6) is 5.75 Å². The van der Waals surface area contributed by atoms with Crippen molar-refractivity contribution in [2.24, 2.45) is 0 Å². The van der Waals surface area contributed by atoms with Crippen LogP contribution in [0.1, 0.15) is 37.0 Å². The minimum Gasteiger partial charge on any atom is -0.480 e. The van der Waals surface area contributed by atoms with Crippen LogP contribution < -0.4 is 10.1 Å². The zero-order valence-corrected chi connectivity index (χ0v) is 14.2. The second kappa shape index (κ2) is 6.92. The van der Waals surface area contributed by atoms with Gasteiger partial charge < -0.3 is 19.7 Å². The summed E-state index contributed by atoms with van der Waals surface area (Å²) in [4.78, 5) is 22.7. The van der Waals surface area contributed by atoms with Crippen molar-refractivity contribution in [2.75, 3.05) is 11.9 Å². The quantitative estimate of drug-likeness (QED) is 0.855. The minimum absolute atomic E-state index is 0.155. The molecule has 1 aromatic carbocycles. The molecule has 0 radical (unpaired) electrons. The van der Waals surface area contributed by atoms with Crippen LogP contribution in [0.3, 0.4) is 0 Å². The van der Waals surface area contributed by atoms with Gasteiger partial charge in [0.2, 0.25) is 0 Å². The van der Waals surface area contributed by atoms with Crippen LogP contribution in [0.4, 0.5) is 5.69 Å². The number of hydrogen-bond donors (Lipinski definition) is 2. The zero-order valence-electron chi connectivity index (χ0n) is 13.4. The third-order valence-electron chi connectivity index (χ3n) is 3.02. The lowest BCUT2D eigenvalue weighted by Gasteiger charge is -2.12. The van der Waals surface area contributed by atoms with Crippen molar-refractivity contribution in [3.05, 3.63) is 40.7 Å². The highest BCUT2D eigenvalue weighted by molar-refractivity contribution is 6.32. The van der Waals surface area contributed by atoms with Gasteiger partial charge in [-0.25, -0.2) is 4.79 Å². The Morgan fingerprint density at radius 2 is 2.04 bits per heavy atom. The highest BCUT2D eigenvalue weighted by atomic mass is 35.5. The van der Waals surface area contributed by atoms with Crippen LogP contribution in [-0.2, 0) is 10.2 Å². The number of amides is 1. The Morgan fingerprint density at radius 1 is 1.33 bits per heavy atom. The van der Waals surface area contributed by atoms with Crippen LogP contribution in [0.2, 0.25) is 5.02 Å². The van der Waals surface area contributed by atoms with Gasteiger partial charge in [-0.2, -0.15) is 0 Å². The molecule has 7 nitrogen and oxygen atoms in total. The molecule has 1 heterocycles. The van der Waals surface area contributed by atoms with Gasteiger partial charge >= 0.3 is 5.97 Å². The molecule has 128 valence electrons. The molecule has 0 fully saturated rings. The van der Waals surface area contributed by atoms with Gasteiger partial charge in [0.05, 0.1) is 5.02 Å². The summed E-state index contributed by atoms with van der Waals surface area (Å²) in [5.41, 5.74) is 0.327. The molecular weight excluding hydrogens is 336 g/mol. The first-order valence-electron chi connectivity index (χ1n) is 7.09. The molecular formula is C16H17ClN2O5. The highest BCUT2D eigenvalue weighted by Crippen LogP contribution is 2.28. The summed E-state index contributed by atoms with van der Waals surface area (Å²) in [6.45, 7) is 5.35. The van der Waals surface area contributed by atoms with Gasteiger partial charge in [0, 0.05) is 17.2 Å². The molecule has 0 spiro atoms. The van der Waals surface area contributed by atoms with Crippen molar-refractivity contribution in [3.8, 4) is 5.75 Å². The molecule has 0 aliphatic heterocycles. The molecule has 2 aromatic rings. The number of rotatable bonds is 5. The highest BCUT2D eigenvalue weighted by Gasteiger charge is 2.22. The number of carbonyl (C=O) groups is 2. The lowest BCUT2D eigenvalue weighted by Crippen LogP contribution is -2.13. The Labute approximate surface area is 143 Å². The molecule has 1 aromatic heterocycles. The van der Waals surface area contributed by atoms with Crippen LogP contribution >= 0.6 is 11.6 Å². The number of nitrogens with zero attached hydrogens (tertiary/aromatic N) is 1. The molecule has 8 heteroatoms. The number of ether oxygens (including phenoxy) is 1. The summed E-state index contributed by atoms with van der Waals surface area (Å²) in [6.07, 6.45) is 0. The number of benzene rings is 1. The average molecular weight is 353 g/mol. The lowest BCUT2D eigenvalue weighted by atomic mass is 9.93. The topological polar surface area (TPSA) is 102 Å². The van der Waals surface area contributed by atoms with Crippen LogP contribution in [0.15, 0.2) is 28.8 Å². The number of halogens is 1. The molecule has 0 atom stereocenters. The van der Waals surface area contributed by atoms with Crippen molar-refractivity contribution < 1.29 is 24.0 Å². The predicted octanol–water partition coefficient (Wildman–Crippen LogP) is 3.34. The molecule has 24 heavy (non-hydrogen) atoms. The van der Waals surface area contributed by atoms with E-state index in [0.29, 0.717) is 11.4 Å². The summed E-state index contributed by atoms with van der Waals surface area (Å²) in [5.74, 6) is -0.731. The van der Waals surface area contributed by atoms with E-state index in [1.165, 1.54) is 12.1 Å². The number of carbonyl (C=O) groups excluding carboxylic acids is 1. The van der Waals surface area contributed by atoms with Gasteiger partial charge in [0.1, 0.15) is 11.5 Å². The maximum absolute atomic E-state index is 12.2. The molecule has 0 unspecified atom stereocenters. The van der Waals surface area contributed by atoms with Gasteiger partial charge in [-0.1, -0.05) is 37.5 Å². The molecule has 0 bridgehead atoms. The van der Waals surface area contributed by atoms with E-state index < -0.39 is 18.5 Å². The molecule has 0 saturated heterocycles. The van der Waals surface area contributed by atoms with Gasteiger partial charge in [0.25, 0.3) is 5.91 Å². The summed E-state index contributed by atoms with van der Waals surface area (Å²) in [6, 6.07) is 6.07. The Morgan fingerprint density at radius 3 is 2.58 bits per heavy atom. The fourth-order valence-electron chi connectivity index (χ4n) is 1.77. The minimum atomic E-state index is -1.11. The predicted molar refractivity (Wildman–Crippen MR) is 87.7 cm³/mol. The van der Waals surface area contributed by atoms with Crippen LogP contribution in [0, 0.1) is 0 Å². The number of aromatic nitrogens is 1. The maximum atomic E-state index is 12.2. The van der Waals surface area contributed by atoms with Crippen molar-refractivity contribution in [3.63, 3.8) is 0 Å². The second-order valence-electron chi connectivity index (χ2n) is 6.11. The van der Waals surface area contributed by atoms with Gasteiger partial charge in [-0.05, 0) is 18.2 Å².